The maximum atomic E-state index is 13.9. The van der Waals surface area contributed by atoms with Gasteiger partial charge < -0.3 is 28.7 Å². The monoisotopic (exact) mass is 667 g/mol. The molecule has 0 fully saturated rings. The van der Waals surface area contributed by atoms with Gasteiger partial charge in [-0.05, 0) is 43.0 Å². The minimum absolute atomic E-state index is 0.0298. The number of halogens is 1. The van der Waals surface area contributed by atoms with Gasteiger partial charge in [-0.15, -0.1) is 0 Å². The Kier molecular flexibility index (Phi) is 10.9. The van der Waals surface area contributed by atoms with E-state index in [9.17, 15) is 19.5 Å². The van der Waals surface area contributed by atoms with Crippen molar-refractivity contribution in [2.24, 2.45) is 18.4 Å². The predicted octanol–water partition coefficient (Wildman–Crippen LogP) is 4.85. The normalized spacial score (nSPS) is 15.1. The topological polar surface area (TPSA) is 116 Å². The summed E-state index contributed by atoms with van der Waals surface area (Å²) in [6.45, 7) is 15.2. The van der Waals surface area contributed by atoms with Crippen LogP contribution >= 0.6 is 22.9 Å². The van der Waals surface area contributed by atoms with E-state index in [0.29, 0.717) is 0 Å². The number of aromatic nitrogens is 1. The molecule has 0 saturated heterocycles. The number of aryl methyl sites for hydroxylation is 1. The average molecular weight is 668 g/mol. The van der Waals surface area contributed by atoms with E-state index in [1.807, 2.05) is 61.6 Å². The molecule has 0 aliphatic rings. The SMILES string of the molecule is CNC(C(=O)N[C@H](C(=O)N(C)[C@H](/C=C(\C)C(=O)O)C(C)C)C(C)(C)C)C(C)(C)c1cn(C)c2cc(NI)ccc12. The van der Waals surface area contributed by atoms with E-state index < -0.39 is 34.9 Å². The highest BCUT2D eigenvalue weighted by atomic mass is 127. The summed E-state index contributed by atoms with van der Waals surface area (Å²) in [6.07, 6.45) is 3.66. The number of nitrogens with one attached hydrogen (secondary N) is 3. The molecule has 3 atom stereocenters. The van der Waals surface area contributed by atoms with Crippen LogP contribution in [0.2, 0.25) is 0 Å². The van der Waals surface area contributed by atoms with Crippen LogP contribution in [0.25, 0.3) is 10.9 Å². The van der Waals surface area contributed by atoms with Crippen LogP contribution < -0.4 is 14.2 Å². The molecule has 1 aromatic heterocycles. The number of anilines is 1. The number of nitrogens with zero attached hydrogens (tertiary/aromatic N) is 2. The number of likely N-dealkylation sites (N-methyl/N-ethyl adjacent to an activating group) is 2. The third kappa shape index (κ3) is 7.18. The van der Waals surface area contributed by atoms with Gasteiger partial charge in [-0.3, -0.25) is 9.59 Å². The van der Waals surface area contributed by atoms with Crippen molar-refractivity contribution < 1.29 is 19.5 Å². The Hall–Kier alpha value is -2.60. The summed E-state index contributed by atoms with van der Waals surface area (Å²) in [4.78, 5) is 40.9. The predicted molar refractivity (Wildman–Crippen MR) is 171 cm³/mol. The van der Waals surface area contributed by atoms with Crippen LogP contribution in [0.4, 0.5) is 5.69 Å². The Bertz CT molecular complexity index is 1270. The van der Waals surface area contributed by atoms with E-state index in [0.717, 1.165) is 22.2 Å². The first-order chi connectivity index (χ1) is 18.4. The van der Waals surface area contributed by atoms with Crippen molar-refractivity contribution in [2.45, 2.75) is 78.9 Å². The number of benzene rings is 1. The molecule has 0 saturated carbocycles. The van der Waals surface area contributed by atoms with E-state index in [-0.39, 0.29) is 23.3 Å². The molecule has 0 aliphatic carbocycles. The van der Waals surface area contributed by atoms with Crippen LogP contribution in [0.3, 0.4) is 0 Å². The van der Waals surface area contributed by atoms with Gasteiger partial charge in [-0.1, -0.05) is 60.6 Å². The Morgan fingerprint density at radius 1 is 1.10 bits per heavy atom. The fourth-order valence-electron chi connectivity index (χ4n) is 5.24. The number of carboxylic acids is 1. The molecule has 2 aromatic rings. The highest BCUT2D eigenvalue weighted by Crippen LogP contribution is 2.36. The van der Waals surface area contributed by atoms with Crippen LogP contribution in [0.5, 0.6) is 0 Å². The van der Waals surface area contributed by atoms with E-state index in [1.54, 1.807) is 25.1 Å². The smallest absolute Gasteiger partial charge is 0.331 e. The number of fused-ring (bicyclic) bond motifs is 1. The molecule has 0 spiro atoms. The zero-order chi connectivity index (χ0) is 30.7. The molecule has 2 rings (SSSR count). The first kappa shape index (κ1) is 33.6. The summed E-state index contributed by atoms with van der Waals surface area (Å²) in [5.74, 6) is -1.61. The highest BCUT2D eigenvalue weighted by molar-refractivity contribution is 14.1. The van der Waals surface area contributed by atoms with Crippen molar-refractivity contribution in [1.29, 1.82) is 0 Å². The molecular formula is C30H46IN5O4. The van der Waals surface area contributed by atoms with Crippen LogP contribution in [0.1, 0.15) is 61.0 Å². The molecule has 0 radical (unpaired) electrons. The quantitative estimate of drug-likeness (QED) is 0.155. The molecule has 0 aliphatic heterocycles. The molecule has 0 bridgehead atoms. The molecular weight excluding hydrogens is 621 g/mol. The lowest BCUT2D eigenvalue weighted by atomic mass is 9.76. The molecule has 1 aromatic carbocycles. The van der Waals surface area contributed by atoms with Gasteiger partial charge in [0.1, 0.15) is 6.04 Å². The van der Waals surface area contributed by atoms with Gasteiger partial charge in [0, 0.05) is 42.4 Å². The van der Waals surface area contributed by atoms with Crippen molar-refractivity contribution in [3.63, 3.8) is 0 Å². The number of hydrogen-bond acceptors (Lipinski definition) is 5. The van der Waals surface area contributed by atoms with Crippen LogP contribution in [-0.2, 0) is 26.8 Å². The van der Waals surface area contributed by atoms with E-state index >= 15 is 0 Å². The van der Waals surface area contributed by atoms with E-state index in [2.05, 4.69) is 59.9 Å². The fraction of sp³-hybridized carbons (Fsp3) is 0.567. The molecule has 1 heterocycles. The minimum Gasteiger partial charge on any atom is -0.478 e. The molecule has 10 heteroatoms. The van der Waals surface area contributed by atoms with Crippen LogP contribution in [0, 0.1) is 11.3 Å². The maximum absolute atomic E-state index is 13.9. The second kappa shape index (κ2) is 12.9. The summed E-state index contributed by atoms with van der Waals surface area (Å²) >= 11 is 2.11. The zero-order valence-electron chi connectivity index (χ0n) is 25.6. The highest BCUT2D eigenvalue weighted by Gasteiger charge is 2.42. The number of carbonyl (C=O) groups is 3. The summed E-state index contributed by atoms with van der Waals surface area (Å²) in [5.41, 5.74) is 2.00. The molecule has 1 unspecified atom stereocenters. The molecule has 222 valence electrons. The summed E-state index contributed by atoms with van der Waals surface area (Å²) < 4.78 is 5.20. The van der Waals surface area contributed by atoms with E-state index in [4.69, 9.17) is 0 Å². The lowest BCUT2D eigenvalue weighted by molar-refractivity contribution is -0.141. The second-order valence-electron chi connectivity index (χ2n) is 12.6. The first-order valence-electron chi connectivity index (χ1n) is 13.5. The van der Waals surface area contributed by atoms with Crippen molar-refractivity contribution in [1.82, 2.24) is 20.1 Å². The average Bonchev–Trinajstić information content (AvgIpc) is 3.20. The molecule has 4 N–H and O–H groups in total. The number of carboxylic acid groups (broad SMARTS) is 1. The van der Waals surface area contributed by atoms with Gasteiger partial charge in [-0.25, -0.2) is 4.79 Å². The summed E-state index contributed by atoms with van der Waals surface area (Å²) in [6, 6.07) is 4.23. The summed E-state index contributed by atoms with van der Waals surface area (Å²) in [5, 5.41) is 16.7. The van der Waals surface area contributed by atoms with Crippen molar-refractivity contribution in [3.05, 3.63) is 41.6 Å². The minimum atomic E-state index is -1.03. The number of carbonyl (C=O) groups excluding carboxylic acids is 2. The van der Waals surface area contributed by atoms with Gasteiger partial charge in [0.15, 0.2) is 0 Å². The van der Waals surface area contributed by atoms with Gasteiger partial charge >= 0.3 is 5.97 Å². The fourth-order valence-corrected chi connectivity index (χ4v) is 5.57. The van der Waals surface area contributed by atoms with Crippen molar-refractivity contribution in [2.75, 3.05) is 17.6 Å². The van der Waals surface area contributed by atoms with Gasteiger partial charge in [0.2, 0.25) is 11.8 Å². The van der Waals surface area contributed by atoms with Crippen molar-refractivity contribution >= 4 is 57.2 Å². The largest absolute Gasteiger partial charge is 0.478 e. The molecule has 40 heavy (non-hydrogen) atoms. The Balaban J connectivity index is 2.46. The number of aliphatic carboxylic acids is 1. The third-order valence-corrected chi connectivity index (χ3v) is 8.32. The number of amides is 2. The molecule has 2 amide bonds. The van der Waals surface area contributed by atoms with Gasteiger partial charge in [0.25, 0.3) is 0 Å². The third-order valence-electron chi connectivity index (χ3n) is 7.70. The molecule has 9 nitrogen and oxygen atoms in total. The number of rotatable bonds is 11. The zero-order valence-corrected chi connectivity index (χ0v) is 27.8. The first-order valence-corrected chi connectivity index (χ1v) is 14.6. The Morgan fingerprint density at radius 2 is 1.70 bits per heavy atom. The lowest BCUT2D eigenvalue weighted by Gasteiger charge is -2.39. The lowest BCUT2D eigenvalue weighted by Crippen LogP contribution is -2.61. The summed E-state index contributed by atoms with van der Waals surface area (Å²) in [7, 11) is 5.41. The van der Waals surface area contributed by atoms with Crippen LogP contribution in [-0.4, -0.2) is 64.6 Å². The Labute approximate surface area is 252 Å². The maximum Gasteiger partial charge on any atom is 0.331 e. The number of hydrogen-bond donors (Lipinski definition) is 4. The van der Waals surface area contributed by atoms with Gasteiger partial charge in [-0.2, -0.15) is 0 Å². The van der Waals surface area contributed by atoms with Crippen molar-refractivity contribution in [3.8, 4) is 0 Å². The van der Waals surface area contributed by atoms with E-state index in [1.165, 1.54) is 6.92 Å². The van der Waals surface area contributed by atoms with Gasteiger partial charge in [0.05, 0.1) is 40.5 Å². The standard InChI is InChI=1S/C30H46IN5O4/c1-17(2)22(14-18(3)28(39)40)36(11)27(38)25(29(4,5)6)33-26(37)24(32-9)30(7,8)21-16-35(10)23-15-19(34-31)12-13-20(21)23/h12-17,22,24-25,32,34H,1-11H3,(H,33,37)(H,39,40)/b18-14+/t22-,24?,25-/m1/s1. The van der Waals surface area contributed by atoms with Crippen LogP contribution in [0.15, 0.2) is 36.0 Å². The second-order valence-corrected chi connectivity index (χ2v) is 13.1. The Morgan fingerprint density at radius 3 is 2.17 bits per heavy atom.